The van der Waals surface area contributed by atoms with Crippen molar-refractivity contribution in [3.8, 4) is 0 Å². The largest absolute Gasteiger partial charge is 0.377 e. The topological polar surface area (TPSA) is 21.3 Å². The van der Waals surface area contributed by atoms with Crippen LogP contribution in [-0.4, -0.2) is 20.2 Å². The van der Waals surface area contributed by atoms with E-state index in [1.165, 1.54) is 11.1 Å². The Morgan fingerprint density at radius 2 is 1.94 bits per heavy atom. The minimum Gasteiger partial charge on any atom is -0.377 e. The third kappa shape index (κ3) is 4.33. The van der Waals surface area contributed by atoms with Gasteiger partial charge in [-0.15, -0.1) is 0 Å². The molecule has 0 fully saturated rings. The molecule has 0 aliphatic carbocycles. The molecule has 0 aliphatic rings. The molecule has 2 heteroatoms. The third-order valence-electron chi connectivity index (χ3n) is 2.68. The Hall–Kier alpha value is -0.860. The second-order valence-corrected chi connectivity index (χ2v) is 4.25. The fourth-order valence-corrected chi connectivity index (χ4v) is 1.70. The van der Waals surface area contributed by atoms with E-state index in [9.17, 15) is 0 Å². The van der Waals surface area contributed by atoms with Crippen LogP contribution in [0.15, 0.2) is 24.3 Å². The summed E-state index contributed by atoms with van der Waals surface area (Å²) in [6.45, 7) is 6.96. The molecule has 0 heterocycles. The van der Waals surface area contributed by atoms with Gasteiger partial charge in [-0.3, -0.25) is 0 Å². The lowest BCUT2D eigenvalue weighted by molar-refractivity contribution is 0.121. The summed E-state index contributed by atoms with van der Waals surface area (Å²) in [6, 6.07) is 8.73. The van der Waals surface area contributed by atoms with E-state index < -0.39 is 0 Å². The first-order valence-corrected chi connectivity index (χ1v) is 6.09. The van der Waals surface area contributed by atoms with Crippen LogP contribution in [0.5, 0.6) is 0 Å². The van der Waals surface area contributed by atoms with Gasteiger partial charge in [0.2, 0.25) is 0 Å². The molecule has 0 aromatic heterocycles. The molecule has 0 radical (unpaired) electrons. The van der Waals surface area contributed by atoms with Gasteiger partial charge in [-0.2, -0.15) is 0 Å². The summed E-state index contributed by atoms with van der Waals surface area (Å²) in [4.78, 5) is 0. The number of benzene rings is 1. The van der Waals surface area contributed by atoms with Gasteiger partial charge in [-0.1, -0.05) is 38.1 Å². The van der Waals surface area contributed by atoms with Crippen LogP contribution in [0.1, 0.15) is 37.3 Å². The maximum Gasteiger partial charge on any atom is 0.0716 e. The van der Waals surface area contributed by atoms with Crippen molar-refractivity contribution in [2.75, 3.05) is 20.2 Å². The van der Waals surface area contributed by atoms with Crippen LogP contribution in [0.25, 0.3) is 0 Å². The van der Waals surface area contributed by atoms with E-state index in [0.717, 1.165) is 26.2 Å². The van der Waals surface area contributed by atoms with Gasteiger partial charge in [0.15, 0.2) is 0 Å². The van der Waals surface area contributed by atoms with Gasteiger partial charge >= 0.3 is 0 Å². The van der Waals surface area contributed by atoms with Gasteiger partial charge in [0.1, 0.15) is 0 Å². The first-order valence-electron chi connectivity index (χ1n) is 6.09. The predicted molar refractivity (Wildman–Crippen MR) is 68.7 cm³/mol. The highest BCUT2D eigenvalue weighted by Crippen LogP contribution is 2.15. The van der Waals surface area contributed by atoms with Gasteiger partial charge in [0.25, 0.3) is 0 Å². The molecule has 0 saturated heterocycles. The van der Waals surface area contributed by atoms with E-state index in [2.05, 4.69) is 43.4 Å². The van der Waals surface area contributed by atoms with Crippen molar-refractivity contribution in [2.24, 2.45) is 0 Å². The second-order valence-electron chi connectivity index (χ2n) is 4.25. The van der Waals surface area contributed by atoms with Gasteiger partial charge in [-0.05, 0) is 30.5 Å². The molecular formula is C14H23NO. The smallest absolute Gasteiger partial charge is 0.0716 e. The number of nitrogens with one attached hydrogen (secondary N) is 1. The Morgan fingerprint density at radius 1 is 1.25 bits per heavy atom. The summed E-state index contributed by atoms with van der Waals surface area (Å²) in [5.41, 5.74) is 2.64. The molecule has 0 amide bonds. The quantitative estimate of drug-likeness (QED) is 0.715. The zero-order valence-corrected chi connectivity index (χ0v) is 10.6. The number of ether oxygens (including phenoxy) is 1. The second kappa shape index (κ2) is 7.42. The number of rotatable bonds is 7. The van der Waals surface area contributed by atoms with Crippen molar-refractivity contribution >= 4 is 0 Å². The molecule has 1 rings (SSSR count). The molecule has 1 atom stereocenters. The molecule has 0 bridgehead atoms. The van der Waals surface area contributed by atoms with Crippen molar-refractivity contribution in [3.05, 3.63) is 35.4 Å². The lowest BCUT2D eigenvalue weighted by atomic mass is 10.00. The molecule has 0 spiro atoms. The Morgan fingerprint density at radius 3 is 2.50 bits per heavy atom. The number of likely N-dealkylation sites (N-methyl/N-ethyl adjacent to an activating group) is 1. The Labute approximate surface area is 99.0 Å². The average Bonchev–Trinajstić information content (AvgIpc) is 2.30. The Balaban J connectivity index is 2.47. The van der Waals surface area contributed by atoms with Crippen LogP contribution < -0.4 is 5.32 Å². The van der Waals surface area contributed by atoms with Crippen molar-refractivity contribution < 1.29 is 4.74 Å². The van der Waals surface area contributed by atoms with Crippen LogP contribution in [0.2, 0.25) is 0 Å². The highest BCUT2D eigenvalue weighted by Gasteiger charge is 2.03. The minimum absolute atomic E-state index is 0.565. The van der Waals surface area contributed by atoms with E-state index in [-0.39, 0.29) is 0 Å². The molecule has 1 aromatic rings. The maximum absolute atomic E-state index is 5.50. The molecular weight excluding hydrogens is 198 g/mol. The zero-order valence-electron chi connectivity index (χ0n) is 10.6. The first kappa shape index (κ1) is 13.2. The van der Waals surface area contributed by atoms with Crippen molar-refractivity contribution in [2.45, 2.75) is 32.8 Å². The summed E-state index contributed by atoms with van der Waals surface area (Å²) in [7, 11) is 1.99. The molecule has 2 nitrogen and oxygen atoms in total. The predicted octanol–water partition coefficient (Wildman–Crippen LogP) is 2.94. The molecule has 1 aromatic carbocycles. The molecule has 90 valence electrons. The molecule has 1 unspecified atom stereocenters. The van der Waals surface area contributed by atoms with Crippen LogP contribution in [-0.2, 0) is 11.3 Å². The van der Waals surface area contributed by atoms with Crippen molar-refractivity contribution in [1.82, 2.24) is 5.32 Å². The summed E-state index contributed by atoms with van der Waals surface area (Å²) in [5.74, 6) is 0.565. The summed E-state index contributed by atoms with van der Waals surface area (Å²) in [5, 5.41) is 3.20. The summed E-state index contributed by atoms with van der Waals surface area (Å²) in [6.07, 6.45) is 1.08. The fourth-order valence-electron chi connectivity index (χ4n) is 1.70. The van der Waals surface area contributed by atoms with E-state index in [1.807, 2.05) is 7.05 Å². The Kier molecular flexibility index (Phi) is 6.12. The third-order valence-corrected chi connectivity index (χ3v) is 2.68. The van der Waals surface area contributed by atoms with Gasteiger partial charge in [-0.25, -0.2) is 0 Å². The zero-order chi connectivity index (χ0) is 11.8. The summed E-state index contributed by atoms with van der Waals surface area (Å²) < 4.78 is 5.50. The van der Waals surface area contributed by atoms with Crippen LogP contribution >= 0.6 is 0 Å². The molecule has 0 aliphatic heterocycles. The molecule has 0 saturated carbocycles. The Bertz CT molecular complexity index is 281. The highest BCUT2D eigenvalue weighted by atomic mass is 16.5. The van der Waals surface area contributed by atoms with Gasteiger partial charge < -0.3 is 10.1 Å². The standard InChI is InChI=1S/C14H23NO/c1-4-9-16-11-13-5-7-14(8-6-13)12(2)10-15-3/h5-8,12,15H,4,9-11H2,1-3H3. The lowest BCUT2D eigenvalue weighted by Gasteiger charge is -2.11. The number of hydrogen-bond acceptors (Lipinski definition) is 2. The van der Waals surface area contributed by atoms with Crippen LogP contribution in [0.3, 0.4) is 0 Å². The SMILES string of the molecule is CCCOCc1ccc(C(C)CNC)cc1. The van der Waals surface area contributed by atoms with Gasteiger partial charge in [0.05, 0.1) is 6.61 Å². The van der Waals surface area contributed by atoms with E-state index >= 15 is 0 Å². The van der Waals surface area contributed by atoms with Crippen molar-refractivity contribution in [3.63, 3.8) is 0 Å². The van der Waals surface area contributed by atoms with Crippen molar-refractivity contribution in [1.29, 1.82) is 0 Å². The average molecular weight is 221 g/mol. The lowest BCUT2D eigenvalue weighted by Crippen LogP contribution is -2.14. The molecule has 16 heavy (non-hydrogen) atoms. The van der Waals surface area contributed by atoms with Crippen LogP contribution in [0.4, 0.5) is 0 Å². The molecule has 1 N–H and O–H groups in total. The first-order chi connectivity index (χ1) is 7.77. The van der Waals surface area contributed by atoms with E-state index in [1.54, 1.807) is 0 Å². The summed E-state index contributed by atoms with van der Waals surface area (Å²) >= 11 is 0. The maximum atomic E-state index is 5.50. The van der Waals surface area contributed by atoms with E-state index in [0.29, 0.717) is 5.92 Å². The van der Waals surface area contributed by atoms with E-state index in [4.69, 9.17) is 4.74 Å². The van der Waals surface area contributed by atoms with Gasteiger partial charge in [0, 0.05) is 13.2 Å². The highest BCUT2D eigenvalue weighted by molar-refractivity contribution is 5.24. The van der Waals surface area contributed by atoms with Crippen LogP contribution in [0, 0.1) is 0 Å². The monoisotopic (exact) mass is 221 g/mol. The number of hydrogen-bond donors (Lipinski definition) is 1. The fraction of sp³-hybridized carbons (Fsp3) is 0.571. The normalized spacial score (nSPS) is 12.7. The minimum atomic E-state index is 0.565.